The van der Waals surface area contributed by atoms with Gasteiger partial charge in [0, 0.05) is 7.05 Å². The third kappa shape index (κ3) is 2.63. The summed E-state index contributed by atoms with van der Waals surface area (Å²) in [7, 11) is 1.97. The maximum absolute atomic E-state index is 9.34. The summed E-state index contributed by atoms with van der Waals surface area (Å²) in [6.07, 6.45) is 0. The molecule has 104 valence electrons. The molecule has 0 radical (unpaired) electrons. The molecule has 0 aliphatic heterocycles. The summed E-state index contributed by atoms with van der Waals surface area (Å²) in [5.41, 5.74) is 1.31. The summed E-state index contributed by atoms with van der Waals surface area (Å²) in [6, 6.07) is 7.88. The number of rotatable bonds is 5. The van der Waals surface area contributed by atoms with Crippen LogP contribution in [-0.2, 0) is 7.05 Å². The Hall–Kier alpha value is -1.43. The minimum Gasteiger partial charge on any atom is -0.394 e. The second kappa shape index (κ2) is 5.28. The van der Waals surface area contributed by atoms with E-state index in [4.69, 9.17) is 0 Å². The monoisotopic (exact) mass is 263 g/mol. The zero-order valence-corrected chi connectivity index (χ0v) is 11.6. The lowest BCUT2D eigenvalue weighted by molar-refractivity contribution is 0.0945. The van der Waals surface area contributed by atoms with Gasteiger partial charge in [-0.05, 0) is 26.0 Å². The van der Waals surface area contributed by atoms with E-state index >= 15 is 0 Å². The molecule has 0 fully saturated rings. The molecule has 1 atom stereocenters. The van der Waals surface area contributed by atoms with Crippen LogP contribution < -0.4 is 5.32 Å². The van der Waals surface area contributed by atoms with E-state index in [2.05, 4.69) is 10.3 Å². The Morgan fingerprint density at radius 1 is 1.32 bits per heavy atom. The molecule has 0 aliphatic rings. The molecule has 0 aliphatic carbocycles. The summed E-state index contributed by atoms with van der Waals surface area (Å²) >= 11 is 0. The van der Waals surface area contributed by atoms with Gasteiger partial charge in [-0.1, -0.05) is 12.1 Å². The van der Waals surface area contributed by atoms with Crippen molar-refractivity contribution < 1.29 is 10.2 Å². The van der Waals surface area contributed by atoms with E-state index < -0.39 is 5.54 Å². The van der Waals surface area contributed by atoms with E-state index in [1.54, 1.807) is 6.92 Å². The number of hydrogen-bond acceptors (Lipinski definition) is 4. The highest BCUT2D eigenvalue weighted by Crippen LogP contribution is 2.20. The van der Waals surface area contributed by atoms with Gasteiger partial charge in [0.1, 0.15) is 5.82 Å². The first-order valence-corrected chi connectivity index (χ1v) is 6.41. The second-order valence-corrected chi connectivity index (χ2v) is 5.26. The van der Waals surface area contributed by atoms with Crippen molar-refractivity contribution in [3.05, 3.63) is 30.1 Å². The summed E-state index contributed by atoms with van der Waals surface area (Å²) in [5.74, 6) is 0.884. The van der Waals surface area contributed by atoms with Gasteiger partial charge in [-0.25, -0.2) is 4.98 Å². The number of nitrogens with zero attached hydrogens (tertiary/aromatic N) is 2. The van der Waals surface area contributed by atoms with Crippen molar-refractivity contribution >= 4 is 11.0 Å². The summed E-state index contributed by atoms with van der Waals surface area (Å²) in [4.78, 5) is 4.60. The minimum atomic E-state index is -0.711. The Balaban J connectivity index is 2.31. The predicted molar refractivity (Wildman–Crippen MR) is 74.8 cm³/mol. The number of nitrogens with one attached hydrogen (secondary N) is 1. The van der Waals surface area contributed by atoms with Crippen molar-refractivity contribution in [1.29, 1.82) is 0 Å². The van der Waals surface area contributed by atoms with E-state index in [0.717, 1.165) is 16.9 Å². The average Bonchev–Trinajstić information content (AvgIpc) is 2.76. The van der Waals surface area contributed by atoms with Gasteiger partial charge >= 0.3 is 0 Å². The molecule has 1 aromatic carbocycles. The molecule has 5 nitrogen and oxygen atoms in total. The Morgan fingerprint density at radius 2 is 1.95 bits per heavy atom. The molecule has 1 heterocycles. The van der Waals surface area contributed by atoms with Crippen LogP contribution in [0.1, 0.15) is 25.7 Å². The SMILES string of the molecule is CC(NC(C)(CO)CO)c1nc2ccccc2n1C. The first-order valence-electron chi connectivity index (χ1n) is 6.41. The number of benzene rings is 1. The first-order chi connectivity index (χ1) is 9.00. The number of aliphatic hydroxyl groups is 2. The van der Waals surface area contributed by atoms with E-state index in [1.807, 2.05) is 42.8 Å². The Morgan fingerprint density at radius 3 is 2.53 bits per heavy atom. The van der Waals surface area contributed by atoms with Crippen LogP contribution in [0.25, 0.3) is 11.0 Å². The molecule has 2 rings (SSSR count). The number of aromatic nitrogens is 2. The van der Waals surface area contributed by atoms with E-state index in [1.165, 1.54) is 0 Å². The van der Waals surface area contributed by atoms with Crippen molar-refractivity contribution in [2.45, 2.75) is 25.4 Å². The fourth-order valence-corrected chi connectivity index (χ4v) is 2.28. The second-order valence-electron chi connectivity index (χ2n) is 5.26. The third-order valence-electron chi connectivity index (χ3n) is 3.47. The van der Waals surface area contributed by atoms with E-state index in [9.17, 15) is 10.2 Å². The molecule has 0 bridgehead atoms. The Bertz CT molecular complexity index is 561. The molecular weight excluding hydrogens is 242 g/mol. The fourth-order valence-electron chi connectivity index (χ4n) is 2.28. The molecular formula is C14H21N3O2. The smallest absolute Gasteiger partial charge is 0.126 e. The number of hydrogen-bond donors (Lipinski definition) is 3. The Labute approximate surface area is 112 Å². The Kier molecular flexibility index (Phi) is 3.89. The molecule has 2 aromatic rings. The molecule has 0 saturated heterocycles. The largest absolute Gasteiger partial charge is 0.394 e. The van der Waals surface area contributed by atoms with Gasteiger partial charge in [0.2, 0.25) is 0 Å². The number of fused-ring (bicyclic) bond motifs is 1. The molecule has 1 unspecified atom stereocenters. The highest BCUT2D eigenvalue weighted by molar-refractivity contribution is 5.75. The van der Waals surface area contributed by atoms with Crippen LogP contribution in [0.15, 0.2) is 24.3 Å². The molecule has 19 heavy (non-hydrogen) atoms. The maximum Gasteiger partial charge on any atom is 0.126 e. The van der Waals surface area contributed by atoms with Gasteiger partial charge in [-0.15, -0.1) is 0 Å². The first kappa shape index (κ1) is 14.0. The zero-order valence-electron chi connectivity index (χ0n) is 11.6. The third-order valence-corrected chi connectivity index (χ3v) is 3.47. The average molecular weight is 263 g/mol. The number of aliphatic hydroxyl groups excluding tert-OH is 2. The number of aryl methyl sites for hydroxylation is 1. The van der Waals surface area contributed by atoms with Gasteiger partial charge in [0.05, 0.1) is 35.8 Å². The van der Waals surface area contributed by atoms with Crippen molar-refractivity contribution in [1.82, 2.24) is 14.9 Å². The number of imidazole rings is 1. The predicted octanol–water partition coefficient (Wildman–Crippen LogP) is 0.967. The summed E-state index contributed by atoms with van der Waals surface area (Å²) in [5, 5.41) is 21.9. The van der Waals surface area contributed by atoms with E-state index in [-0.39, 0.29) is 19.3 Å². The summed E-state index contributed by atoms with van der Waals surface area (Å²) in [6.45, 7) is 3.51. The van der Waals surface area contributed by atoms with Crippen LogP contribution in [0.5, 0.6) is 0 Å². The molecule has 5 heteroatoms. The van der Waals surface area contributed by atoms with Crippen LogP contribution >= 0.6 is 0 Å². The maximum atomic E-state index is 9.34. The van der Waals surface area contributed by atoms with E-state index in [0.29, 0.717) is 0 Å². The lowest BCUT2D eigenvalue weighted by atomic mass is 10.0. The topological polar surface area (TPSA) is 70.3 Å². The van der Waals surface area contributed by atoms with Crippen molar-refractivity contribution in [2.75, 3.05) is 13.2 Å². The molecule has 1 aromatic heterocycles. The standard InChI is InChI=1S/C14H21N3O2/c1-10(16-14(2,8-18)9-19)13-15-11-6-4-5-7-12(11)17(13)3/h4-7,10,16,18-19H,8-9H2,1-3H3. The fraction of sp³-hybridized carbons (Fsp3) is 0.500. The van der Waals surface area contributed by atoms with Crippen LogP contribution in [0.3, 0.4) is 0 Å². The number of para-hydroxylation sites is 2. The highest BCUT2D eigenvalue weighted by atomic mass is 16.3. The lowest BCUT2D eigenvalue weighted by Crippen LogP contribution is -2.50. The van der Waals surface area contributed by atoms with Crippen LogP contribution in [0, 0.1) is 0 Å². The zero-order chi connectivity index (χ0) is 14.0. The van der Waals surface area contributed by atoms with Gasteiger partial charge in [0.15, 0.2) is 0 Å². The molecule has 3 N–H and O–H groups in total. The van der Waals surface area contributed by atoms with Gasteiger partial charge < -0.3 is 14.8 Å². The quantitative estimate of drug-likeness (QED) is 0.751. The van der Waals surface area contributed by atoms with Crippen molar-refractivity contribution in [3.63, 3.8) is 0 Å². The van der Waals surface area contributed by atoms with Crippen molar-refractivity contribution in [2.24, 2.45) is 7.05 Å². The minimum absolute atomic E-state index is 0.0679. The summed E-state index contributed by atoms with van der Waals surface area (Å²) < 4.78 is 2.03. The van der Waals surface area contributed by atoms with Gasteiger partial charge in [-0.3, -0.25) is 5.32 Å². The van der Waals surface area contributed by atoms with Crippen molar-refractivity contribution in [3.8, 4) is 0 Å². The van der Waals surface area contributed by atoms with Crippen LogP contribution in [-0.4, -0.2) is 38.5 Å². The van der Waals surface area contributed by atoms with Gasteiger partial charge in [0.25, 0.3) is 0 Å². The van der Waals surface area contributed by atoms with Crippen LogP contribution in [0.2, 0.25) is 0 Å². The molecule has 0 amide bonds. The lowest BCUT2D eigenvalue weighted by Gasteiger charge is -2.30. The normalized spacial score (nSPS) is 13.9. The van der Waals surface area contributed by atoms with Gasteiger partial charge in [-0.2, -0.15) is 0 Å². The molecule has 0 saturated carbocycles. The van der Waals surface area contributed by atoms with Crippen LogP contribution in [0.4, 0.5) is 0 Å². The molecule has 0 spiro atoms. The highest BCUT2D eigenvalue weighted by Gasteiger charge is 2.26.